The predicted molar refractivity (Wildman–Crippen MR) is 58.6 cm³/mol. The first kappa shape index (κ1) is 14.3. The van der Waals surface area contributed by atoms with E-state index in [0.717, 1.165) is 19.2 Å². The Kier molecular flexibility index (Phi) is 4.58. The summed E-state index contributed by atoms with van der Waals surface area (Å²) in [6, 6.07) is 3.10. The zero-order valence-electron chi connectivity index (χ0n) is 10.0. The van der Waals surface area contributed by atoms with Crippen LogP contribution in [-0.4, -0.2) is 19.7 Å². The smallest absolute Gasteiger partial charge is 0.419 e. The molecule has 0 aliphatic rings. The van der Waals surface area contributed by atoms with E-state index in [2.05, 4.69) is 4.74 Å². The molecular weight excluding hydrogens is 249 g/mol. The van der Waals surface area contributed by atoms with Gasteiger partial charge in [0.15, 0.2) is 0 Å². The van der Waals surface area contributed by atoms with E-state index in [9.17, 15) is 18.0 Å². The fourth-order valence-electron chi connectivity index (χ4n) is 1.33. The summed E-state index contributed by atoms with van der Waals surface area (Å²) in [5, 5.41) is 0. The average Bonchev–Trinajstić information content (AvgIpc) is 2.34. The maximum atomic E-state index is 12.8. The molecule has 1 aromatic carbocycles. The Morgan fingerprint density at radius 1 is 1.33 bits per heavy atom. The van der Waals surface area contributed by atoms with Crippen molar-refractivity contribution in [3.8, 4) is 5.75 Å². The number of esters is 1. The predicted octanol–water partition coefficient (Wildman–Crippen LogP) is 3.28. The monoisotopic (exact) mass is 262 g/mol. The van der Waals surface area contributed by atoms with Gasteiger partial charge in [-0.05, 0) is 24.6 Å². The maximum absolute atomic E-state index is 12.8. The van der Waals surface area contributed by atoms with Gasteiger partial charge in [-0.1, -0.05) is 6.92 Å². The third-order valence-corrected chi connectivity index (χ3v) is 2.17. The first-order valence-corrected chi connectivity index (χ1v) is 5.32. The van der Waals surface area contributed by atoms with Gasteiger partial charge in [-0.15, -0.1) is 0 Å². The number of benzene rings is 1. The molecule has 0 aromatic heterocycles. The number of halogens is 3. The van der Waals surface area contributed by atoms with E-state index in [1.54, 1.807) is 6.92 Å². The number of ether oxygens (including phenoxy) is 2. The highest BCUT2D eigenvalue weighted by Gasteiger charge is 2.35. The second-order valence-electron chi connectivity index (χ2n) is 3.55. The largest absolute Gasteiger partial charge is 0.493 e. The summed E-state index contributed by atoms with van der Waals surface area (Å²) in [6.07, 6.45) is -3.98. The standard InChI is InChI=1S/C12H13F3O3/c1-3-6-18-10-5-4-8(11(16)17-2)7-9(10)12(13,14)15/h4-5,7H,3,6H2,1-2H3. The summed E-state index contributed by atoms with van der Waals surface area (Å²) in [5.74, 6) is -1.10. The van der Waals surface area contributed by atoms with Gasteiger partial charge in [0.2, 0.25) is 0 Å². The highest BCUT2D eigenvalue weighted by molar-refractivity contribution is 5.89. The minimum atomic E-state index is -4.58. The third-order valence-electron chi connectivity index (χ3n) is 2.17. The van der Waals surface area contributed by atoms with E-state index < -0.39 is 17.7 Å². The molecule has 0 saturated heterocycles. The summed E-state index contributed by atoms with van der Waals surface area (Å²) >= 11 is 0. The molecule has 1 aromatic rings. The van der Waals surface area contributed by atoms with Gasteiger partial charge < -0.3 is 9.47 Å². The number of rotatable bonds is 4. The van der Waals surface area contributed by atoms with Crippen molar-refractivity contribution in [1.82, 2.24) is 0 Å². The lowest BCUT2D eigenvalue weighted by atomic mass is 10.1. The van der Waals surface area contributed by atoms with Crippen LogP contribution in [-0.2, 0) is 10.9 Å². The molecule has 0 N–H and O–H groups in total. The van der Waals surface area contributed by atoms with Crippen LogP contribution in [0.4, 0.5) is 13.2 Å². The molecule has 0 aliphatic carbocycles. The molecule has 3 nitrogen and oxygen atoms in total. The SMILES string of the molecule is CCCOc1ccc(C(=O)OC)cc1C(F)(F)F. The minimum Gasteiger partial charge on any atom is -0.493 e. The fraction of sp³-hybridized carbons (Fsp3) is 0.417. The van der Waals surface area contributed by atoms with Crippen LogP contribution in [0, 0.1) is 0 Å². The van der Waals surface area contributed by atoms with Crippen LogP contribution in [0.3, 0.4) is 0 Å². The van der Waals surface area contributed by atoms with Crippen molar-refractivity contribution in [2.24, 2.45) is 0 Å². The van der Waals surface area contributed by atoms with E-state index in [0.29, 0.717) is 6.42 Å². The molecule has 0 aliphatic heterocycles. The highest BCUT2D eigenvalue weighted by atomic mass is 19.4. The molecule has 0 saturated carbocycles. The van der Waals surface area contributed by atoms with Crippen molar-refractivity contribution >= 4 is 5.97 Å². The van der Waals surface area contributed by atoms with Gasteiger partial charge in [-0.2, -0.15) is 13.2 Å². The van der Waals surface area contributed by atoms with E-state index in [4.69, 9.17) is 4.74 Å². The van der Waals surface area contributed by atoms with Gasteiger partial charge in [0.1, 0.15) is 5.75 Å². The Morgan fingerprint density at radius 2 is 2.00 bits per heavy atom. The van der Waals surface area contributed by atoms with Crippen LogP contribution in [0.2, 0.25) is 0 Å². The molecule has 1 rings (SSSR count). The van der Waals surface area contributed by atoms with E-state index >= 15 is 0 Å². The van der Waals surface area contributed by atoms with Crippen LogP contribution in [0.25, 0.3) is 0 Å². The second kappa shape index (κ2) is 5.75. The van der Waals surface area contributed by atoms with Gasteiger partial charge in [0.25, 0.3) is 0 Å². The molecule has 0 amide bonds. The Bertz CT molecular complexity index is 427. The summed E-state index contributed by atoms with van der Waals surface area (Å²) < 4.78 is 47.8. The van der Waals surface area contributed by atoms with Crippen molar-refractivity contribution in [3.05, 3.63) is 29.3 Å². The van der Waals surface area contributed by atoms with Gasteiger partial charge in [0.05, 0.1) is 24.8 Å². The van der Waals surface area contributed by atoms with Gasteiger partial charge in [-0.3, -0.25) is 0 Å². The van der Waals surface area contributed by atoms with Crippen molar-refractivity contribution in [3.63, 3.8) is 0 Å². The molecule has 0 spiro atoms. The number of carbonyl (C=O) groups is 1. The van der Waals surface area contributed by atoms with Crippen molar-refractivity contribution in [2.75, 3.05) is 13.7 Å². The Balaban J connectivity index is 3.16. The summed E-state index contributed by atoms with van der Waals surface area (Å²) in [5.41, 5.74) is -1.13. The van der Waals surface area contributed by atoms with E-state index in [-0.39, 0.29) is 17.9 Å². The van der Waals surface area contributed by atoms with Crippen molar-refractivity contribution in [2.45, 2.75) is 19.5 Å². The van der Waals surface area contributed by atoms with E-state index in [1.165, 1.54) is 6.07 Å². The lowest BCUT2D eigenvalue weighted by molar-refractivity contribution is -0.139. The van der Waals surface area contributed by atoms with Gasteiger partial charge in [0, 0.05) is 0 Å². The molecule has 0 radical (unpaired) electrons. The van der Waals surface area contributed by atoms with Crippen LogP contribution >= 0.6 is 0 Å². The zero-order chi connectivity index (χ0) is 13.8. The third kappa shape index (κ3) is 3.38. The van der Waals surface area contributed by atoms with Crippen LogP contribution < -0.4 is 4.74 Å². The number of alkyl halides is 3. The van der Waals surface area contributed by atoms with Crippen LogP contribution in [0.5, 0.6) is 5.75 Å². The van der Waals surface area contributed by atoms with Gasteiger partial charge in [-0.25, -0.2) is 4.79 Å². The number of carbonyl (C=O) groups excluding carboxylic acids is 1. The zero-order valence-corrected chi connectivity index (χ0v) is 10.0. The molecule has 0 unspecified atom stereocenters. The molecular formula is C12H13F3O3. The Hall–Kier alpha value is -1.72. The molecule has 0 fully saturated rings. The lowest BCUT2D eigenvalue weighted by Crippen LogP contribution is -2.11. The topological polar surface area (TPSA) is 35.5 Å². The second-order valence-corrected chi connectivity index (χ2v) is 3.55. The maximum Gasteiger partial charge on any atom is 0.419 e. The number of hydrogen-bond acceptors (Lipinski definition) is 3. The van der Waals surface area contributed by atoms with Gasteiger partial charge >= 0.3 is 12.1 Å². The number of hydrogen-bond donors (Lipinski definition) is 0. The van der Waals surface area contributed by atoms with E-state index in [1.807, 2.05) is 0 Å². The molecule has 6 heteroatoms. The first-order valence-electron chi connectivity index (χ1n) is 5.32. The van der Waals surface area contributed by atoms with Crippen LogP contribution in [0.1, 0.15) is 29.3 Å². The Morgan fingerprint density at radius 3 is 2.50 bits per heavy atom. The Labute approximate surface area is 103 Å². The summed E-state index contributed by atoms with van der Waals surface area (Å²) in [4.78, 5) is 11.2. The summed E-state index contributed by atoms with van der Waals surface area (Å²) in [7, 11) is 1.11. The summed E-state index contributed by atoms with van der Waals surface area (Å²) in [6.45, 7) is 1.97. The quantitative estimate of drug-likeness (QED) is 0.781. The fourth-order valence-corrected chi connectivity index (χ4v) is 1.33. The normalized spacial score (nSPS) is 11.2. The average molecular weight is 262 g/mol. The minimum absolute atomic E-state index is 0.159. The van der Waals surface area contributed by atoms with Crippen molar-refractivity contribution in [1.29, 1.82) is 0 Å². The molecule has 0 atom stereocenters. The molecule has 18 heavy (non-hydrogen) atoms. The van der Waals surface area contributed by atoms with Crippen LogP contribution in [0.15, 0.2) is 18.2 Å². The molecule has 0 heterocycles. The molecule has 0 bridgehead atoms. The highest BCUT2D eigenvalue weighted by Crippen LogP contribution is 2.37. The van der Waals surface area contributed by atoms with Crippen molar-refractivity contribution < 1.29 is 27.4 Å². The number of methoxy groups -OCH3 is 1. The lowest BCUT2D eigenvalue weighted by Gasteiger charge is -2.14. The first-order chi connectivity index (χ1) is 8.40. The molecule has 100 valence electrons.